The zero-order valence-corrected chi connectivity index (χ0v) is 20.9. The van der Waals surface area contributed by atoms with Crippen molar-refractivity contribution in [3.63, 3.8) is 0 Å². The third-order valence-corrected chi connectivity index (χ3v) is 6.52. The number of nitrogens with one attached hydrogen (secondary N) is 1. The minimum Gasteiger partial charge on any atom is -0.489 e. The molecule has 6 nitrogen and oxygen atoms in total. The fourth-order valence-electron chi connectivity index (χ4n) is 3.29. The summed E-state index contributed by atoms with van der Waals surface area (Å²) >= 11 is 12.7. The average Bonchev–Trinajstić information content (AvgIpc) is 3.08. The van der Waals surface area contributed by atoms with Gasteiger partial charge in [0.2, 0.25) is 5.91 Å². The maximum Gasteiger partial charge on any atom is 0.294 e. The van der Waals surface area contributed by atoms with Crippen molar-refractivity contribution >= 4 is 63.8 Å². The Labute approximate surface area is 216 Å². The van der Waals surface area contributed by atoms with Crippen molar-refractivity contribution < 1.29 is 19.1 Å². The lowest BCUT2D eigenvalue weighted by atomic mass is 10.2. The molecule has 1 fully saturated rings. The first-order valence-electron chi connectivity index (χ1n) is 10.6. The molecule has 1 aliphatic heterocycles. The standard InChI is InChI=1S/C26H20Cl2N2O4S/c1-16-5-8-20(28)13-22(16)29-24(31)14-30-25(32)23(35-26(30)33)12-18-3-2-4-21(11-18)34-15-17-6-9-19(27)10-7-17/h2-13H,14-15H2,1H3,(H,29,31)/b23-12+. The van der Waals surface area contributed by atoms with Gasteiger partial charge in [0.25, 0.3) is 11.1 Å². The Balaban J connectivity index is 1.40. The molecular weight excluding hydrogens is 507 g/mol. The van der Waals surface area contributed by atoms with Gasteiger partial charge >= 0.3 is 0 Å². The molecule has 4 rings (SSSR count). The van der Waals surface area contributed by atoms with E-state index in [1.54, 1.807) is 60.7 Å². The summed E-state index contributed by atoms with van der Waals surface area (Å²) in [4.78, 5) is 38.9. The summed E-state index contributed by atoms with van der Waals surface area (Å²) in [6.07, 6.45) is 1.61. The average molecular weight is 527 g/mol. The normalized spacial score (nSPS) is 14.5. The van der Waals surface area contributed by atoms with E-state index in [2.05, 4.69) is 5.32 Å². The number of carbonyl (C=O) groups excluding carboxylic acids is 3. The number of rotatable bonds is 7. The summed E-state index contributed by atoms with van der Waals surface area (Å²) < 4.78 is 5.83. The molecule has 0 spiro atoms. The Morgan fingerprint density at radius 3 is 2.54 bits per heavy atom. The van der Waals surface area contributed by atoms with Gasteiger partial charge in [0.05, 0.1) is 4.91 Å². The Bertz CT molecular complexity index is 1330. The van der Waals surface area contributed by atoms with E-state index >= 15 is 0 Å². The lowest BCUT2D eigenvalue weighted by Gasteiger charge is -2.13. The summed E-state index contributed by atoms with van der Waals surface area (Å²) in [7, 11) is 0. The highest BCUT2D eigenvalue weighted by Crippen LogP contribution is 2.33. The number of anilines is 1. The first-order valence-corrected chi connectivity index (χ1v) is 12.1. The highest BCUT2D eigenvalue weighted by molar-refractivity contribution is 8.18. The number of hydrogen-bond donors (Lipinski definition) is 1. The second kappa shape index (κ2) is 11.0. The highest BCUT2D eigenvalue weighted by Gasteiger charge is 2.36. The molecule has 1 heterocycles. The van der Waals surface area contributed by atoms with Crippen LogP contribution in [0.25, 0.3) is 6.08 Å². The van der Waals surface area contributed by atoms with Crippen LogP contribution in [0.15, 0.2) is 71.6 Å². The van der Waals surface area contributed by atoms with Crippen LogP contribution in [0, 0.1) is 6.92 Å². The van der Waals surface area contributed by atoms with Crippen LogP contribution in [0.2, 0.25) is 10.0 Å². The van der Waals surface area contributed by atoms with E-state index in [9.17, 15) is 14.4 Å². The molecule has 3 aromatic carbocycles. The molecule has 1 N–H and O–H groups in total. The maximum absolute atomic E-state index is 12.8. The summed E-state index contributed by atoms with van der Waals surface area (Å²) in [6, 6.07) is 19.6. The van der Waals surface area contributed by atoms with Gasteiger partial charge in [0.1, 0.15) is 18.9 Å². The molecule has 35 heavy (non-hydrogen) atoms. The monoisotopic (exact) mass is 526 g/mol. The Morgan fingerprint density at radius 1 is 1.03 bits per heavy atom. The zero-order chi connectivity index (χ0) is 24.9. The summed E-state index contributed by atoms with van der Waals surface area (Å²) in [5.74, 6) is -0.397. The van der Waals surface area contributed by atoms with Crippen molar-refractivity contribution in [3.05, 3.63) is 98.4 Å². The molecule has 0 aliphatic carbocycles. The molecule has 3 amide bonds. The van der Waals surface area contributed by atoms with Crippen molar-refractivity contribution in [2.75, 3.05) is 11.9 Å². The first kappa shape index (κ1) is 24.9. The number of carbonyl (C=O) groups is 3. The highest BCUT2D eigenvalue weighted by atomic mass is 35.5. The van der Waals surface area contributed by atoms with Crippen LogP contribution in [-0.2, 0) is 16.2 Å². The van der Waals surface area contributed by atoms with Crippen molar-refractivity contribution in [3.8, 4) is 5.75 Å². The van der Waals surface area contributed by atoms with Gasteiger partial charge in [-0.05, 0) is 77.9 Å². The molecule has 0 bridgehead atoms. The van der Waals surface area contributed by atoms with Crippen molar-refractivity contribution in [2.24, 2.45) is 0 Å². The SMILES string of the molecule is Cc1ccc(Cl)cc1NC(=O)CN1C(=O)S/C(=C/c2cccc(OCc3ccc(Cl)cc3)c2)C1=O. The van der Waals surface area contributed by atoms with Crippen LogP contribution in [0.5, 0.6) is 5.75 Å². The number of halogens is 2. The third-order valence-electron chi connectivity index (χ3n) is 5.12. The minimum atomic E-state index is -0.523. The predicted octanol–water partition coefficient (Wildman–Crippen LogP) is 6.56. The van der Waals surface area contributed by atoms with Crippen molar-refractivity contribution in [1.82, 2.24) is 4.90 Å². The molecule has 3 aromatic rings. The van der Waals surface area contributed by atoms with Gasteiger partial charge in [-0.2, -0.15) is 0 Å². The van der Waals surface area contributed by atoms with E-state index in [-0.39, 0.29) is 4.91 Å². The van der Waals surface area contributed by atoms with Crippen LogP contribution in [0.1, 0.15) is 16.7 Å². The van der Waals surface area contributed by atoms with Crippen LogP contribution < -0.4 is 10.1 Å². The number of aryl methyl sites for hydroxylation is 1. The number of thioether (sulfide) groups is 1. The molecule has 178 valence electrons. The third kappa shape index (κ3) is 6.45. The number of imide groups is 1. The number of benzene rings is 3. The van der Waals surface area contributed by atoms with E-state index < -0.39 is 23.6 Å². The molecule has 1 aliphatic rings. The molecule has 1 saturated heterocycles. The first-order chi connectivity index (χ1) is 16.8. The molecule has 0 aromatic heterocycles. The topological polar surface area (TPSA) is 75.7 Å². The van der Waals surface area contributed by atoms with E-state index in [1.807, 2.05) is 19.1 Å². The molecule has 0 atom stereocenters. The van der Waals surface area contributed by atoms with Crippen LogP contribution in [0.4, 0.5) is 10.5 Å². The fraction of sp³-hybridized carbons (Fsp3) is 0.115. The Hall–Kier alpha value is -3.26. The number of ether oxygens (including phenoxy) is 1. The van der Waals surface area contributed by atoms with Gasteiger partial charge in [-0.15, -0.1) is 0 Å². The lowest BCUT2D eigenvalue weighted by Crippen LogP contribution is -2.36. The zero-order valence-electron chi connectivity index (χ0n) is 18.6. The van der Waals surface area contributed by atoms with E-state index in [1.165, 1.54) is 0 Å². The quantitative estimate of drug-likeness (QED) is 0.353. The van der Waals surface area contributed by atoms with Crippen LogP contribution >= 0.6 is 35.0 Å². The Morgan fingerprint density at radius 2 is 1.77 bits per heavy atom. The molecule has 0 unspecified atom stereocenters. The number of hydrogen-bond acceptors (Lipinski definition) is 5. The van der Waals surface area contributed by atoms with Crippen LogP contribution in [-0.4, -0.2) is 28.5 Å². The van der Waals surface area contributed by atoms with Gasteiger partial charge in [0, 0.05) is 15.7 Å². The van der Waals surface area contributed by atoms with Crippen LogP contribution in [0.3, 0.4) is 0 Å². The van der Waals surface area contributed by atoms with Gasteiger partial charge in [-0.25, -0.2) is 0 Å². The van der Waals surface area contributed by atoms with Gasteiger partial charge in [0.15, 0.2) is 0 Å². The van der Waals surface area contributed by atoms with Crippen molar-refractivity contribution in [1.29, 1.82) is 0 Å². The van der Waals surface area contributed by atoms with E-state index in [0.29, 0.717) is 33.7 Å². The second-order valence-corrected chi connectivity index (χ2v) is 9.63. The lowest BCUT2D eigenvalue weighted by molar-refractivity contribution is -0.127. The van der Waals surface area contributed by atoms with Crippen molar-refractivity contribution in [2.45, 2.75) is 13.5 Å². The Kier molecular flexibility index (Phi) is 7.80. The smallest absolute Gasteiger partial charge is 0.294 e. The number of amides is 3. The largest absolute Gasteiger partial charge is 0.489 e. The molecule has 9 heteroatoms. The minimum absolute atomic E-state index is 0.233. The predicted molar refractivity (Wildman–Crippen MR) is 140 cm³/mol. The van der Waals surface area contributed by atoms with Gasteiger partial charge < -0.3 is 10.1 Å². The summed E-state index contributed by atoms with van der Waals surface area (Å²) in [5, 5.41) is 3.32. The van der Waals surface area contributed by atoms with E-state index in [0.717, 1.165) is 27.8 Å². The molecule has 0 radical (unpaired) electrons. The maximum atomic E-state index is 12.8. The van der Waals surface area contributed by atoms with Gasteiger partial charge in [-0.1, -0.05) is 53.5 Å². The second-order valence-electron chi connectivity index (χ2n) is 7.76. The summed E-state index contributed by atoms with van der Waals surface area (Å²) in [6.45, 7) is 1.79. The fourth-order valence-corrected chi connectivity index (χ4v) is 4.43. The van der Waals surface area contributed by atoms with E-state index in [4.69, 9.17) is 27.9 Å². The number of nitrogens with zero attached hydrogens (tertiary/aromatic N) is 1. The van der Waals surface area contributed by atoms with Gasteiger partial charge in [-0.3, -0.25) is 19.3 Å². The summed E-state index contributed by atoms with van der Waals surface area (Å²) in [5.41, 5.74) is 3.01. The molecule has 0 saturated carbocycles. The molecular formula is C26H20Cl2N2O4S.